The highest BCUT2D eigenvalue weighted by atomic mass is 35.5. The molecule has 2 aliphatic heterocycles. The Morgan fingerprint density at radius 2 is 1.56 bits per heavy atom. The van der Waals surface area contributed by atoms with Gasteiger partial charge < -0.3 is 14.7 Å². The fourth-order valence-corrected chi connectivity index (χ4v) is 5.56. The van der Waals surface area contributed by atoms with Gasteiger partial charge in [-0.2, -0.15) is 0 Å². The molecule has 3 amide bonds. The summed E-state index contributed by atoms with van der Waals surface area (Å²) in [6, 6.07) is 5.25. The first-order chi connectivity index (χ1) is 11.7. The molecule has 2 fully saturated rings. The average Bonchev–Trinajstić information content (AvgIpc) is 2.88. The molecule has 136 valence electrons. The van der Waals surface area contributed by atoms with Crippen molar-refractivity contribution >= 4 is 33.4 Å². The van der Waals surface area contributed by atoms with E-state index in [1.807, 2.05) is 0 Å². The van der Waals surface area contributed by atoms with Crippen LogP contribution in [0.5, 0.6) is 0 Å². The molecule has 9 heteroatoms. The van der Waals surface area contributed by atoms with Crippen molar-refractivity contribution in [2.75, 3.05) is 38.7 Å². The smallest absolute Gasteiger partial charge is 0.319 e. The number of benzene rings is 1. The predicted molar refractivity (Wildman–Crippen MR) is 94.5 cm³/mol. The number of carbonyl (C=O) groups is 2. The molecule has 1 aromatic carbocycles. The van der Waals surface area contributed by atoms with Gasteiger partial charge in [0.25, 0.3) is 5.91 Å². The summed E-state index contributed by atoms with van der Waals surface area (Å²) in [7, 11) is -0.0418. The van der Waals surface area contributed by atoms with E-state index in [0.29, 0.717) is 23.7 Å². The number of halogens is 1. The summed E-state index contributed by atoms with van der Waals surface area (Å²) >= 11 is 5.86. The van der Waals surface area contributed by atoms with Gasteiger partial charge in [-0.3, -0.25) is 4.79 Å². The largest absolute Gasteiger partial charge is 0.331 e. The summed E-state index contributed by atoms with van der Waals surface area (Å²) in [5.74, 6) is -0.462. The van der Waals surface area contributed by atoms with Crippen molar-refractivity contribution in [3.05, 3.63) is 34.9 Å². The SMILES string of the molecule is CN(C)C(=O)N1CCN(C(=O)c2ccc(Cl)cc2)C2CS(=O)(=O)CC21. The van der Waals surface area contributed by atoms with Crippen molar-refractivity contribution in [3.8, 4) is 0 Å². The van der Waals surface area contributed by atoms with Crippen molar-refractivity contribution < 1.29 is 18.0 Å². The molecule has 2 atom stereocenters. The van der Waals surface area contributed by atoms with Gasteiger partial charge in [0.2, 0.25) is 0 Å². The van der Waals surface area contributed by atoms with Crippen LogP contribution in [-0.2, 0) is 9.84 Å². The van der Waals surface area contributed by atoms with Crippen molar-refractivity contribution in [2.45, 2.75) is 12.1 Å². The molecule has 0 saturated carbocycles. The third-order valence-corrected chi connectivity index (χ3v) is 6.61. The Hall–Kier alpha value is -1.80. The molecule has 2 saturated heterocycles. The quantitative estimate of drug-likeness (QED) is 0.721. The van der Waals surface area contributed by atoms with Crippen LogP contribution < -0.4 is 0 Å². The van der Waals surface area contributed by atoms with E-state index in [1.165, 1.54) is 4.90 Å². The lowest BCUT2D eigenvalue weighted by Crippen LogP contribution is -2.63. The maximum absolute atomic E-state index is 12.8. The van der Waals surface area contributed by atoms with Crippen LogP contribution in [0.1, 0.15) is 10.4 Å². The maximum atomic E-state index is 12.8. The van der Waals surface area contributed by atoms with Gasteiger partial charge in [0.15, 0.2) is 9.84 Å². The van der Waals surface area contributed by atoms with E-state index in [4.69, 9.17) is 11.6 Å². The van der Waals surface area contributed by atoms with Crippen LogP contribution in [0.2, 0.25) is 5.02 Å². The van der Waals surface area contributed by atoms with Crippen LogP contribution >= 0.6 is 11.6 Å². The van der Waals surface area contributed by atoms with Gasteiger partial charge in [0.1, 0.15) is 0 Å². The minimum Gasteiger partial charge on any atom is -0.331 e. The number of fused-ring (bicyclic) bond motifs is 1. The number of carbonyl (C=O) groups excluding carboxylic acids is 2. The van der Waals surface area contributed by atoms with Gasteiger partial charge in [-0.1, -0.05) is 11.6 Å². The highest BCUT2D eigenvalue weighted by molar-refractivity contribution is 7.91. The van der Waals surface area contributed by atoms with Gasteiger partial charge >= 0.3 is 6.03 Å². The summed E-state index contributed by atoms with van der Waals surface area (Å²) < 4.78 is 24.4. The van der Waals surface area contributed by atoms with Crippen LogP contribution in [0.25, 0.3) is 0 Å². The Morgan fingerprint density at radius 1 is 1.04 bits per heavy atom. The molecular weight excluding hydrogens is 366 g/mol. The molecule has 0 aromatic heterocycles. The summed E-state index contributed by atoms with van der Waals surface area (Å²) in [5.41, 5.74) is 0.458. The molecule has 0 radical (unpaired) electrons. The third-order valence-electron chi connectivity index (χ3n) is 4.66. The fraction of sp³-hybridized carbons (Fsp3) is 0.500. The number of rotatable bonds is 1. The number of amides is 3. The summed E-state index contributed by atoms with van der Waals surface area (Å²) in [4.78, 5) is 29.8. The molecule has 2 heterocycles. The van der Waals surface area contributed by atoms with E-state index in [9.17, 15) is 18.0 Å². The van der Waals surface area contributed by atoms with Crippen LogP contribution in [0.4, 0.5) is 4.79 Å². The predicted octanol–water partition coefficient (Wildman–Crippen LogP) is 0.945. The first-order valence-corrected chi connectivity index (χ1v) is 10.1. The zero-order chi connectivity index (χ0) is 18.4. The van der Waals surface area contributed by atoms with E-state index in [-0.39, 0.29) is 23.4 Å². The lowest BCUT2D eigenvalue weighted by Gasteiger charge is -2.44. The van der Waals surface area contributed by atoms with Gasteiger partial charge in [-0.15, -0.1) is 0 Å². The normalized spacial score (nSPS) is 24.8. The second-order valence-electron chi connectivity index (χ2n) is 6.59. The summed E-state index contributed by atoms with van der Waals surface area (Å²) in [5, 5.41) is 0.527. The van der Waals surface area contributed by atoms with E-state index < -0.39 is 21.9 Å². The monoisotopic (exact) mass is 385 g/mol. The lowest BCUT2D eigenvalue weighted by molar-refractivity contribution is 0.0393. The second kappa shape index (κ2) is 6.49. The molecule has 2 unspecified atom stereocenters. The average molecular weight is 386 g/mol. The Bertz CT molecular complexity index is 794. The van der Waals surface area contributed by atoms with Crippen molar-refractivity contribution in [1.82, 2.24) is 14.7 Å². The highest BCUT2D eigenvalue weighted by Crippen LogP contribution is 2.29. The topological polar surface area (TPSA) is 78.0 Å². The molecule has 0 aliphatic carbocycles. The van der Waals surface area contributed by atoms with Crippen LogP contribution in [0, 0.1) is 0 Å². The Morgan fingerprint density at radius 3 is 2.12 bits per heavy atom. The number of nitrogens with zero attached hydrogens (tertiary/aromatic N) is 3. The lowest BCUT2D eigenvalue weighted by atomic mass is 10.0. The molecule has 7 nitrogen and oxygen atoms in total. The maximum Gasteiger partial charge on any atom is 0.319 e. The van der Waals surface area contributed by atoms with Crippen molar-refractivity contribution in [1.29, 1.82) is 0 Å². The number of sulfone groups is 1. The summed E-state index contributed by atoms with van der Waals surface area (Å²) in [6.45, 7) is 0.616. The van der Waals surface area contributed by atoms with Gasteiger partial charge in [-0.25, -0.2) is 13.2 Å². The summed E-state index contributed by atoms with van der Waals surface area (Å²) in [6.07, 6.45) is 0. The van der Waals surface area contributed by atoms with Crippen LogP contribution in [-0.4, -0.2) is 85.8 Å². The zero-order valence-electron chi connectivity index (χ0n) is 14.1. The van der Waals surface area contributed by atoms with E-state index in [0.717, 1.165) is 0 Å². The van der Waals surface area contributed by atoms with Gasteiger partial charge in [-0.05, 0) is 24.3 Å². The van der Waals surface area contributed by atoms with E-state index in [1.54, 1.807) is 48.2 Å². The standard InChI is InChI=1S/C16H20ClN3O4S/c1-18(2)16(22)20-8-7-19(13-9-25(23,24)10-14(13)20)15(21)11-3-5-12(17)6-4-11/h3-6,13-14H,7-10H2,1-2H3. The van der Waals surface area contributed by atoms with Crippen LogP contribution in [0.15, 0.2) is 24.3 Å². The molecule has 0 N–H and O–H groups in total. The Kier molecular flexibility index (Phi) is 4.68. The minimum atomic E-state index is -3.30. The van der Waals surface area contributed by atoms with Crippen molar-refractivity contribution in [2.24, 2.45) is 0 Å². The highest BCUT2D eigenvalue weighted by Gasteiger charge is 2.49. The molecule has 1 aromatic rings. The third kappa shape index (κ3) is 3.46. The molecule has 0 bridgehead atoms. The second-order valence-corrected chi connectivity index (χ2v) is 9.18. The molecule has 3 rings (SSSR count). The molecule has 25 heavy (non-hydrogen) atoms. The van der Waals surface area contributed by atoms with E-state index >= 15 is 0 Å². The first-order valence-electron chi connectivity index (χ1n) is 7.94. The van der Waals surface area contributed by atoms with Crippen LogP contribution in [0.3, 0.4) is 0 Å². The van der Waals surface area contributed by atoms with Gasteiger partial charge in [0.05, 0.1) is 23.6 Å². The Labute approximate surface area is 152 Å². The number of hydrogen-bond acceptors (Lipinski definition) is 4. The van der Waals surface area contributed by atoms with Gasteiger partial charge in [0, 0.05) is 37.8 Å². The zero-order valence-corrected chi connectivity index (χ0v) is 15.6. The number of piperazine rings is 1. The van der Waals surface area contributed by atoms with Crippen molar-refractivity contribution in [3.63, 3.8) is 0 Å². The fourth-order valence-electron chi connectivity index (χ4n) is 3.46. The minimum absolute atomic E-state index is 0.109. The molecule has 0 spiro atoms. The number of urea groups is 1. The molecule has 2 aliphatic rings. The Balaban J connectivity index is 1.89. The number of hydrogen-bond donors (Lipinski definition) is 0. The molecular formula is C16H20ClN3O4S. The first kappa shape index (κ1) is 18.0. The van der Waals surface area contributed by atoms with E-state index in [2.05, 4.69) is 0 Å².